The molecule has 1 atom stereocenters. The Bertz CT molecular complexity index is 453. The summed E-state index contributed by atoms with van der Waals surface area (Å²) in [6, 6.07) is 6.19. The van der Waals surface area contributed by atoms with Crippen LogP contribution in [0.15, 0.2) is 23.2 Å². The lowest BCUT2D eigenvalue weighted by molar-refractivity contribution is 0.179. The summed E-state index contributed by atoms with van der Waals surface area (Å²) in [6.45, 7) is 7.81. The maximum atomic E-state index is 5.83. The first-order valence-electron chi connectivity index (χ1n) is 6.84. The first-order valence-corrected chi connectivity index (χ1v) is 6.84. The van der Waals surface area contributed by atoms with Crippen molar-refractivity contribution in [3.63, 3.8) is 0 Å². The van der Waals surface area contributed by atoms with Gasteiger partial charge in [0, 0.05) is 13.2 Å². The van der Waals surface area contributed by atoms with E-state index in [2.05, 4.69) is 16.4 Å². The van der Waals surface area contributed by atoms with E-state index in [4.69, 9.17) is 15.2 Å². The minimum Gasteiger partial charge on any atom is -0.494 e. The van der Waals surface area contributed by atoms with Gasteiger partial charge in [0.05, 0.1) is 19.8 Å². The fourth-order valence-corrected chi connectivity index (χ4v) is 1.89. The first-order chi connectivity index (χ1) is 9.56. The maximum absolute atomic E-state index is 5.83. The molecule has 0 aliphatic rings. The number of guanidine groups is 1. The van der Waals surface area contributed by atoms with Gasteiger partial charge in [-0.25, -0.2) is 4.99 Å². The van der Waals surface area contributed by atoms with Gasteiger partial charge in [-0.05, 0) is 38.0 Å². The standard InChI is InChI=1S/C15H25N3O2.HI/c1-5-20-14-7-6-13(8-11(14)2)9-17-15(16)18-12(3)10-19-4;/h6-8,12H,5,9-10H2,1-4H3,(H3,16,17,18);1H. The highest BCUT2D eigenvalue weighted by Gasteiger charge is 2.03. The highest BCUT2D eigenvalue weighted by Crippen LogP contribution is 2.19. The molecule has 0 aromatic heterocycles. The Morgan fingerprint density at radius 2 is 2.14 bits per heavy atom. The van der Waals surface area contributed by atoms with Gasteiger partial charge < -0.3 is 20.5 Å². The zero-order valence-electron chi connectivity index (χ0n) is 13.2. The Morgan fingerprint density at radius 1 is 1.43 bits per heavy atom. The smallest absolute Gasteiger partial charge is 0.189 e. The molecule has 0 saturated carbocycles. The van der Waals surface area contributed by atoms with Gasteiger partial charge in [-0.3, -0.25) is 0 Å². The maximum Gasteiger partial charge on any atom is 0.189 e. The Hall–Kier alpha value is -1.02. The summed E-state index contributed by atoms with van der Waals surface area (Å²) >= 11 is 0. The molecule has 3 N–H and O–H groups in total. The van der Waals surface area contributed by atoms with Crippen LogP contribution in [-0.2, 0) is 11.3 Å². The van der Waals surface area contributed by atoms with E-state index in [0.29, 0.717) is 25.7 Å². The highest BCUT2D eigenvalue weighted by atomic mass is 127. The molecule has 0 aliphatic heterocycles. The van der Waals surface area contributed by atoms with Crippen LogP contribution >= 0.6 is 24.0 Å². The van der Waals surface area contributed by atoms with Crippen LogP contribution in [0.2, 0.25) is 0 Å². The van der Waals surface area contributed by atoms with Gasteiger partial charge in [-0.1, -0.05) is 12.1 Å². The number of benzene rings is 1. The van der Waals surface area contributed by atoms with Gasteiger partial charge in [0.25, 0.3) is 0 Å². The van der Waals surface area contributed by atoms with E-state index in [1.165, 1.54) is 0 Å². The summed E-state index contributed by atoms with van der Waals surface area (Å²) in [5.74, 6) is 1.35. The van der Waals surface area contributed by atoms with Crippen molar-refractivity contribution >= 4 is 29.9 Å². The van der Waals surface area contributed by atoms with Crippen molar-refractivity contribution in [3.05, 3.63) is 29.3 Å². The molecule has 0 fully saturated rings. The van der Waals surface area contributed by atoms with Crippen LogP contribution < -0.4 is 15.8 Å². The minimum atomic E-state index is 0. The molecule has 0 bridgehead atoms. The van der Waals surface area contributed by atoms with Gasteiger partial charge in [0.15, 0.2) is 5.96 Å². The molecule has 0 saturated heterocycles. The van der Waals surface area contributed by atoms with Crippen LogP contribution in [0.1, 0.15) is 25.0 Å². The van der Waals surface area contributed by atoms with Crippen molar-refractivity contribution in [2.24, 2.45) is 10.7 Å². The van der Waals surface area contributed by atoms with Gasteiger partial charge in [0.2, 0.25) is 0 Å². The predicted octanol–water partition coefficient (Wildman–Crippen LogP) is 2.45. The quantitative estimate of drug-likeness (QED) is 0.414. The van der Waals surface area contributed by atoms with Crippen molar-refractivity contribution in [1.82, 2.24) is 5.32 Å². The minimum absolute atomic E-state index is 0. The number of nitrogens with zero attached hydrogens (tertiary/aromatic N) is 1. The summed E-state index contributed by atoms with van der Waals surface area (Å²) in [7, 11) is 1.66. The Balaban J connectivity index is 0.00000400. The molecule has 0 heterocycles. The molecule has 1 aromatic rings. The van der Waals surface area contributed by atoms with E-state index in [-0.39, 0.29) is 30.0 Å². The van der Waals surface area contributed by atoms with Crippen LogP contribution in [0, 0.1) is 6.92 Å². The summed E-state index contributed by atoms with van der Waals surface area (Å²) in [4.78, 5) is 4.32. The third-order valence-corrected chi connectivity index (χ3v) is 2.78. The average molecular weight is 407 g/mol. The summed E-state index contributed by atoms with van der Waals surface area (Å²) < 4.78 is 10.5. The summed E-state index contributed by atoms with van der Waals surface area (Å²) in [6.07, 6.45) is 0. The second-order valence-corrected chi connectivity index (χ2v) is 4.74. The number of aliphatic imine (C=N–C) groups is 1. The summed E-state index contributed by atoms with van der Waals surface area (Å²) in [5.41, 5.74) is 8.04. The van der Waals surface area contributed by atoms with Crippen molar-refractivity contribution in [2.75, 3.05) is 20.3 Å². The molecule has 0 aliphatic carbocycles. The molecule has 0 amide bonds. The molecule has 120 valence electrons. The lowest BCUT2D eigenvalue weighted by atomic mass is 10.1. The van der Waals surface area contributed by atoms with Gasteiger partial charge in [-0.15, -0.1) is 24.0 Å². The number of nitrogens with two attached hydrogens (primary N) is 1. The van der Waals surface area contributed by atoms with E-state index in [1.807, 2.05) is 32.9 Å². The number of aryl methyl sites for hydroxylation is 1. The number of hydrogen-bond donors (Lipinski definition) is 2. The molecular weight excluding hydrogens is 381 g/mol. The fourth-order valence-electron chi connectivity index (χ4n) is 1.89. The topological polar surface area (TPSA) is 68.9 Å². The zero-order chi connectivity index (χ0) is 15.0. The number of rotatable bonds is 7. The number of hydrogen-bond acceptors (Lipinski definition) is 3. The number of methoxy groups -OCH3 is 1. The van der Waals surface area contributed by atoms with E-state index in [9.17, 15) is 0 Å². The molecular formula is C15H26IN3O2. The lowest BCUT2D eigenvalue weighted by Crippen LogP contribution is -2.40. The third kappa shape index (κ3) is 7.52. The Kier molecular flexibility index (Phi) is 10.2. The SMILES string of the molecule is CCOc1ccc(CN=C(N)NC(C)COC)cc1C.I. The second-order valence-electron chi connectivity index (χ2n) is 4.74. The fraction of sp³-hybridized carbons (Fsp3) is 0.533. The zero-order valence-corrected chi connectivity index (χ0v) is 15.5. The monoisotopic (exact) mass is 407 g/mol. The second kappa shape index (κ2) is 10.7. The number of nitrogens with one attached hydrogen (secondary N) is 1. The van der Waals surface area contributed by atoms with Crippen molar-refractivity contribution < 1.29 is 9.47 Å². The van der Waals surface area contributed by atoms with Crippen molar-refractivity contribution in [3.8, 4) is 5.75 Å². The van der Waals surface area contributed by atoms with Gasteiger partial charge in [0.1, 0.15) is 5.75 Å². The van der Waals surface area contributed by atoms with E-state index >= 15 is 0 Å². The van der Waals surface area contributed by atoms with Crippen LogP contribution in [0.5, 0.6) is 5.75 Å². The Morgan fingerprint density at radius 3 is 2.71 bits per heavy atom. The van der Waals surface area contributed by atoms with Gasteiger partial charge in [-0.2, -0.15) is 0 Å². The van der Waals surface area contributed by atoms with Crippen molar-refractivity contribution in [1.29, 1.82) is 0 Å². The average Bonchev–Trinajstić information content (AvgIpc) is 2.39. The van der Waals surface area contributed by atoms with Gasteiger partial charge >= 0.3 is 0 Å². The predicted molar refractivity (Wildman–Crippen MR) is 97.6 cm³/mol. The van der Waals surface area contributed by atoms with Crippen LogP contribution in [0.4, 0.5) is 0 Å². The number of ether oxygens (including phenoxy) is 2. The molecule has 1 rings (SSSR count). The highest BCUT2D eigenvalue weighted by molar-refractivity contribution is 14.0. The van der Waals surface area contributed by atoms with Crippen molar-refractivity contribution in [2.45, 2.75) is 33.4 Å². The normalized spacial score (nSPS) is 12.5. The van der Waals surface area contributed by atoms with E-state index in [1.54, 1.807) is 7.11 Å². The third-order valence-electron chi connectivity index (χ3n) is 2.78. The Labute approximate surface area is 144 Å². The molecule has 1 unspecified atom stereocenters. The molecule has 21 heavy (non-hydrogen) atoms. The lowest BCUT2D eigenvalue weighted by Gasteiger charge is -2.13. The molecule has 0 radical (unpaired) electrons. The largest absolute Gasteiger partial charge is 0.494 e. The first kappa shape index (κ1) is 20.0. The molecule has 0 spiro atoms. The summed E-state index contributed by atoms with van der Waals surface area (Å²) in [5, 5.41) is 3.08. The molecule has 5 nitrogen and oxygen atoms in total. The van der Waals surface area contributed by atoms with E-state index in [0.717, 1.165) is 16.9 Å². The molecule has 1 aromatic carbocycles. The molecule has 6 heteroatoms. The van der Waals surface area contributed by atoms with Crippen LogP contribution in [-0.4, -0.2) is 32.3 Å². The van der Waals surface area contributed by atoms with E-state index < -0.39 is 0 Å². The van der Waals surface area contributed by atoms with Crippen LogP contribution in [0.3, 0.4) is 0 Å². The number of halogens is 1. The van der Waals surface area contributed by atoms with Crippen LogP contribution in [0.25, 0.3) is 0 Å².